The largest absolute Gasteiger partial charge is 0.490 e. The third-order valence-electron chi connectivity index (χ3n) is 4.96. The van der Waals surface area contributed by atoms with E-state index >= 15 is 0 Å². The zero-order valence-electron chi connectivity index (χ0n) is 18.3. The van der Waals surface area contributed by atoms with Crippen molar-refractivity contribution in [2.24, 2.45) is 4.99 Å². The van der Waals surface area contributed by atoms with Gasteiger partial charge in [0.2, 0.25) is 5.91 Å². The van der Waals surface area contributed by atoms with Gasteiger partial charge in [0, 0.05) is 0 Å². The van der Waals surface area contributed by atoms with E-state index in [2.05, 4.69) is 11.6 Å². The lowest BCUT2D eigenvalue weighted by molar-refractivity contribution is -0.139. The molecule has 31 heavy (non-hydrogen) atoms. The summed E-state index contributed by atoms with van der Waals surface area (Å²) in [5, 5.41) is 0.373. The van der Waals surface area contributed by atoms with Crippen molar-refractivity contribution in [1.29, 1.82) is 0 Å². The fourth-order valence-electron chi connectivity index (χ4n) is 3.62. The first kappa shape index (κ1) is 22.9. The zero-order valence-corrected chi connectivity index (χ0v) is 19.2. The van der Waals surface area contributed by atoms with Crippen LogP contribution >= 0.6 is 11.8 Å². The molecule has 0 spiro atoms. The van der Waals surface area contributed by atoms with E-state index in [1.165, 1.54) is 17.8 Å². The second-order valence-electron chi connectivity index (χ2n) is 6.98. The Kier molecular flexibility index (Phi) is 7.43. The topological polar surface area (TPSA) is 77.4 Å². The number of hydrogen-bond acceptors (Lipinski definition) is 7. The van der Waals surface area contributed by atoms with Crippen LogP contribution in [0, 0.1) is 0 Å². The molecule has 1 saturated heterocycles. The van der Waals surface area contributed by atoms with E-state index in [0.29, 0.717) is 47.6 Å². The molecule has 1 fully saturated rings. The second kappa shape index (κ2) is 10.0. The number of amides is 1. The van der Waals surface area contributed by atoms with Crippen molar-refractivity contribution in [2.45, 2.75) is 45.4 Å². The molecule has 2 atom stereocenters. The molecule has 7 nitrogen and oxygen atoms in total. The number of nitrogens with zero attached hydrogens (tertiary/aromatic N) is 2. The number of fused-ring (bicyclic) bond motifs is 1. The summed E-state index contributed by atoms with van der Waals surface area (Å²) in [4.78, 5) is 32.4. The Morgan fingerprint density at radius 2 is 1.94 bits per heavy atom. The highest BCUT2D eigenvalue weighted by molar-refractivity contribution is 8.15. The number of esters is 1. The predicted molar refractivity (Wildman–Crippen MR) is 121 cm³/mol. The Morgan fingerprint density at radius 1 is 1.23 bits per heavy atom. The van der Waals surface area contributed by atoms with E-state index in [1.807, 2.05) is 39.0 Å². The maximum absolute atomic E-state index is 13.2. The lowest BCUT2D eigenvalue weighted by Gasteiger charge is -2.33. The predicted octanol–water partition coefficient (Wildman–Crippen LogP) is 4.25. The fourth-order valence-corrected chi connectivity index (χ4v) is 4.75. The molecule has 2 aliphatic heterocycles. The Hall–Kier alpha value is -2.74. The smallest absolute Gasteiger partial charge is 0.338 e. The molecule has 166 valence electrons. The van der Waals surface area contributed by atoms with Crippen LogP contribution in [-0.2, 0) is 14.3 Å². The number of ether oxygens (including phenoxy) is 3. The quantitative estimate of drug-likeness (QED) is 0.419. The molecule has 2 heterocycles. The maximum atomic E-state index is 13.2. The molecule has 0 aliphatic carbocycles. The van der Waals surface area contributed by atoms with Gasteiger partial charge >= 0.3 is 5.97 Å². The van der Waals surface area contributed by atoms with Crippen molar-refractivity contribution in [1.82, 2.24) is 4.90 Å². The van der Waals surface area contributed by atoms with Crippen molar-refractivity contribution < 1.29 is 23.8 Å². The van der Waals surface area contributed by atoms with Crippen molar-refractivity contribution in [3.63, 3.8) is 0 Å². The standard InChI is InChI=1S/C23H28N2O5S/c1-6-12-30-22(27)19-14(5)24-23-25(21(26)18(7-2)31-23)20(19)15-10-11-16(28-8-3)17(13-15)29-9-4/h6,10-11,13,18,20H,1,7-9,12H2,2-5H3. The van der Waals surface area contributed by atoms with Gasteiger partial charge in [-0.2, -0.15) is 0 Å². The van der Waals surface area contributed by atoms with E-state index in [0.717, 1.165) is 5.56 Å². The maximum Gasteiger partial charge on any atom is 0.338 e. The summed E-state index contributed by atoms with van der Waals surface area (Å²) in [7, 11) is 0. The molecule has 0 bridgehead atoms. The molecule has 0 N–H and O–H groups in total. The van der Waals surface area contributed by atoms with Crippen molar-refractivity contribution in [3.05, 3.63) is 47.7 Å². The lowest BCUT2D eigenvalue weighted by atomic mass is 9.93. The van der Waals surface area contributed by atoms with Crippen molar-refractivity contribution >= 4 is 28.8 Å². The van der Waals surface area contributed by atoms with Gasteiger partial charge in [0.05, 0.1) is 35.8 Å². The van der Waals surface area contributed by atoms with Crippen LogP contribution in [0.2, 0.25) is 0 Å². The van der Waals surface area contributed by atoms with Crippen molar-refractivity contribution in [2.75, 3.05) is 19.8 Å². The third-order valence-corrected chi connectivity index (χ3v) is 6.28. The Bertz CT molecular complexity index is 940. The SMILES string of the molecule is C=CCOC(=O)C1=C(C)N=C2SC(CC)C(=O)N2C1c1ccc(OCC)c(OCC)c1. The summed E-state index contributed by atoms with van der Waals surface area (Å²) >= 11 is 1.43. The number of allylic oxidation sites excluding steroid dienone is 1. The van der Waals surface area contributed by atoms with E-state index in [-0.39, 0.29) is 17.8 Å². The molecule has 8 heteroatoms. The molecular formula is C23H28N2O5S. The monoisotopic (exact) mass is 444 g/mol. The number of thioether (sulfide) groups is 1. The third kappa shape index (κ3) is 4.49. The summed E-state index contributed by atoms with van der Waals surface area (Å²) in [6.45, 7) is 12.2. The van der Waals surface area contributed by atoms with Gasteiger partial charge in [-0.15, -0.1) is 0 Å². The first-order valence-electron chi connectivity index (χ1n) is 10.4. The Labute approximate surface area is 187 Å². The average molecular weight is 445 g/mol. The molecule has 0 saturated carbocycles. The van der Waals surface area contributed by atoms with Gasteiger partial charge in [-0.05, 0) is 44.9 Å². The number of aliphatic imine (C=N–C) groups is 1. The van der Waals surface area contributed by atoms with Gasteiger partial charge in [-0.3, -0.25) is 9.69 Å². The summed E-state index contributed by atoms with van der Waals surface area (Å²) in [6.07, 6.45) is 2.18. The molecule has 3 rings (SSSR count). The number of rotatable bonds is 9. The summed E-state index contributed by atoms with van der Waals surface area (Å²) in [6, 6.07) is 4.83. The van der Waals surface area contributed by atoms with Crippen LogP contribution in [-0.4, -0.2) is 47.0 Å². The summed E-state index contributed by atoms with van der Waals surface area (Å²) < 4.78 is 16.8. The number of carbonyl (C=O) groups excluding carboxylic acids is 2. The molecule has 2 unspecified atom stereocenters. The van der Waals surface area contributed by atoms with Gasteiger partial charge in [-0.25, -0.2) is 9.79 Å². The fraction of sp³-hybridized carbons (Fsp3) is 0.435. The number of hydrogen-bond donors (Lipinski definition) is 0. The minimum Gasteiger partial charge on any atom is -0.490 e. The lowest BCUT2D eigenvalue weighted by Crippen LogP contribution is -2.40. The van der Waals surface area contributed by atoms with Crippen LogP contribution < -0.4 is 9.47 Å². The zero-order chi connectivity index (χ0) is 22.5. The first-order valence-corrected chi connectivity index (χ1v) is 11.3. The van der Waals surface area contributed by atoms with Crippen LogP contribution in [0.5, 0.6) is 11.5 Å². The van der Waals surface area contributed by atoms with Gasteiger partial charge in [-0.1, -0.05) is 37.4 Å². The minimum absolute atomic E-state index is 0.0652. The van der Waals surface area contributed by atoms with Gasteiger partial charge in [0.15, 0.2) is 16.7 Å². The number of amidine groups is 1. The highest BCUT2D eigenvalue weighted by Crippen LogP contribution is 2.45. The minimum atomic E-state index is -0.656. The summed E-state index contributed by atoms with van der Waals surface area (Å²) in [5.41, 5.74) is 1.60. The number of carbonyl (C=O) groups is 2. The molecule has 0 radical (unpaired) electrons. The van der Waals surface area contributed by atoms with E-state index < -0.39 is 12.0 Å². The van der Waals surface area contributed by atoms with Gasteiger partial charge in [0.1, 0.15) is 6.61 Å². The first-order chi connectivity index (χ1) is 15.0. The highest BCUT2D eigenvalue weighted by Gasteiger charge is 2.47. The van der Waals surface area contributed by atoms with Crippen molar-refractivity contribution in [3.8, 4) is 11.5 Å². The van der Waals surface area contributed by atoms with Gasteiger partial charge < -0.3 is 14.2 Å². The van der Waals surface area contributed by atoms with Gasteiger partial charge in [0.25, 0.3) is 0 Å². The average Bonchev–Trinajstić information content (AvgIpc) is 3.07. The normalized spacial score (nSPS) is 20.3. The molecular weight excluding hydrogens is 416 g/mol. The molecule has 0 aromatic heterocycles. The van der Waals surface area contributed by atoms with Crippen LogP contribution in [0.25, 0.3) is 0 Å². The van der Waals surface area contributed by atoms with Crippen LogP contribution in [0.4, 0.5) is 0 Å². The molecule has 2 aliphatic rings. The van der Waals surface area contributed by atoms with E-state index in [1.54, 1.807) is 11.8 Å². The Morgan fingerprint density at radius 3 is 2.58 bits per heavy atom. The van der Waals surface area contributed by atoms with Crippen LogP contribution in [0.3, 0.4) is 0 Å². The Balaban J connectivity index is 2.13. The molecule has 1 amide bonds. The molecule has 1 aromatic rings. The van der Waals surface area contributed by atoms with Crippen LogP contribution in [0.15, 0.2) is 47.1 Å². The molecule has 1 aromatic carbocycles. The second-order valence-corrected chi connectivity index (χ2v) is 8.15. The number of benzene rings is 1. The van der Waals surface area contributed by atoms with E-state index in [4.69, 9.17) is 14.2 Å². The highest BCUT2D eigenvalue weighted by atomic mass is 32.2. The van der Waals surface area contributed by atoms with Crippen LogP contribution in [0.1, 0.15) is 45.7 Å². The summed E-state index contributed by atoms with van der Waals surface area (Å²) in [5.74, 6) is 0.593. The van der Waals surface area contributed by atoms with E-state index in [9.17, 15) is 9.59 Å².